The minimum atomic E-state index is -0.290. The van der Waals surface area contributed by atoms with Gasteiger partial charge in [-0.3, -0.25) is 4.90 Å². The zero-order valence-corrected chi connectivity index (χ0v) is 13.8. The van der Waals surface area contributed by atoms with E-state index in [-0.39, 0.29) is 18.6 Å². The number of fused-ring (bicyclic) bond motifs is 1. The van der Waals surface area contributed by atoms with Crippen molar-refractivity contribution in [1.82, 2.24) is 19.9 Å². The number of β-amino-alcohol motifs (C(OH)–C–C–N with tert-alkyl or cyclic N) is 1. The molecule has 0 saturated carbocycles. The summed E-state index contributed by atoms with van der Waals surface area (Å²) in [5.74, 6) is 2.61. The van der Waals surface area contributed by atoms with Crippen molar-refractivity contribution >= 4 is 28.6 Å². The highest BCUT2D eigenvalue weighted by Gasteiger charge is 2.31. The molecular formula is C15H23N5O2S. The van der Waals surface area contributed by atoms with E-state index in [9.17, 15) is 5.11 Å². The van der Waals surface area contributed by atoms with Gasteiger partial charge in [-0.15, -0.1) is 0 Å². The number of rotatable bonds is 7. The Balaban J connectivity index is 1.59. The van der Waals surface area contributed by atoms with E-state index in [2.05, 4.69) is 19.9 Å². The number of nitrogens with one attached hydrogen (secondary N) is 1. The highest BCUT2D eigenvalue weighted by molar-refractivity contribution is 7.99. The summed E-state index contributed by atoms with van der Waals surface area (Å²) >= 11 is 1.80. The number of hydrogen-bond donors (Lipinski definition) is 4. The van der Waals surface area contributed by atoms with Crippen LogP contribution >= 0.6 is 11.8 Å². The first-order chi connectivity index (χ1) is 11.2. The number of thioether (sulfide) groups is 1. The molecule has 0 bridgehead atoms. The zero-order chi connectivity index (χ0) is 16.2. The number of nitrogen functional groups attached to an aromatic ring is 1. The van der Waals surface area contributed by atoms with Gasteiger partial charge in [-0.05, 0) is 17.9 Å². The molecule has 3 rings (SSSR count). The molecule has 0 spiro atoms. The highest BCUT2D eigenvalue weighted by Crippen LogP contribution is 2.26. The van der Waals surface area contributed by atoms with Crippen molar-refractivity contribution in [2.24, 2.45) is 5.92 Å². The van der Waals surface area contributed by atoms with E-state index in [4.69, 9.17) is 10.8 Å². The van der Waals surface area contributed by atoms with Crippen LogP contribution in [-0.2, 0) is 6.54 Å². The lowest BCUT2D eigenvalue weighted by atomic mass is 10.1. The van der Waals surface area contributed by atoms with Crippen LogP contribution in [0.2, 0.25) is 0 Å². The fourth-order valence-electron chi connectivity index (χ4n) is 3.01. The van der Waals surface area contributed by atoms with Gasteiger partial charge in [0.1, 0.15) is 11.8 Å². The largest absolute Gasteiger partial charge is 0.396 e. The summed E-state index contributed by atoms with van der Waals surface area (Å²) in [5.41, 5.74) is 8.55. The van der Waals surface area contributed by atoms with Crippen LogP contribution in [0.5, 0.6) is 0 Å². The number of nitrogens with zero attached hydrogens (tertiary/aromatic N) is 3. The summed E-state index contributed by atoms with van der Waals surface area (Å²) in [6.45, 7) is 2.53. The van der Waals surface area contributed by atoms with Gasteiger partial charge in [0, 0.05) is 43.9 Å². The Morgan fingerprint density at radius 1 is 1.39 bits per heavy atom. The molecule has 8 heteroatoms. The molecule has 1 aliphatic heterocycles. The van der Waals surface area contributed by atoms with E-state index in [0.29, 0.717) is 12.4 Å². The van der Waals surface area contributed by atoms with Crippen LogP contribution in [0, 0.1) is 5.92 Å². The molecule has 1 aliphatic rings. The summed E-state index contributed by atoms with van der Waals surface area (Å²) in [6, 6.07) is 0. The number of anilines is 1. The van der Waals surface area contributed by atoms with Crippen LogP contribution in [0.3, 0.4) is 0 Å². The lowest BCUT2D eigenvalue weighted by Crippen LogP contribution is -2.21. The first kappa shape index (κ1) is 16.5. The maximum absolute atomic E-state index is 10.2. The van der Waals surface area contributed by atoms with Crippen molar-refractivity contribution < 1.29 is 10.2 Å². The average Bonchev–Trinajstić information content (AvgIpc) is 3.09. The Morgan fingerprint density at radius 2 is 2.26 bits per heavy atom. The van der Waals surface area contributed by atoms with E-state index in [1.165, 1.54) is 6.33 Å². The van der Waals surface area contributed by atoms with E-state index < -0.39 is 0 Å². The van der Waals surface area contributed by atoms with Crippen molar-refractivity contribution in [1.29, 1.82) is 0 Å². The lowest BCUT2D eigenvalue weighted by Gasteiger charge is -2.14. The third-order valence-corrected chi connectivity index (χ3v) is 5.47. The van der Waals surface area contributed by atoms with Gasteiger partial charge in [-0.25, -0.2) is 9.97 Å². The van der Waals surface area contributed by atoms with Gasteiger partial charge >= 0.3 is 0 Å². The van der Waals surface area contributed by atoms with Crippen molar-refractivity contribution in [2.75, 3.05) is 36.9 Å². The summed E-state index contributed by atoms with van der Waals surface area (Å²) in [5, 5.41) is 19.1. The van der Waals surface area contributed by atoms with Gasteiger partial charge in [-0.2, -0.15) is 11.8 Å². The van der Waals surface area contributed by atoms with Gasteiger partial charge in [0.15, 0.2) is 5.82 Å². The molecule has 0 aromatic carbocycles. The molecule has 0 radical (unpaired) electrons. The Morgan fingerprint density at radius 3 is 3.09 bits per heavy atom. The first-order valence-corrected chi connectivity index (χ1v) is 9.00. The lowest BCUT2D eigenvalue weighted by molar-refractivity contribution is 0.149. The van der Waals surface area contributed by atoms with Crippen LogP contribution in [-0.4, -0.2) is 67.4 Å². The smallest absolute Gasteiger partial charge is 0.151 e. The van der Waals surface area contributed by atoms with Crippen LogP contribution in [0.4, 0.5) is 5.82 Å². The van der Waals surface area contributed by atoms with Gasteiger partial charge in [0.2, 0.25) is 0 Å². The highest BCUT2D eigenvalue weighted by atomic mass is 32.2. The number of aliphatic hydroxyl groups is 2. The van der Waals surface area contributed by atoms with Gasteiger partial charge in [0.25, 0.3) is 0 Å². The van der Waals surface area contributed by atoms with E-state index in [1.54, 1.807) is 11.8 Å². The number of hydrogen-bond acceptors (Lipinski definition) is 7. The number of aromatic amines is 1. The number of nitrogens with two attached hydrogens (primary N) is 1. The summed E-state index contributed by atoms with van der Waals surface area (Å²) < 4.78 is 0. The van der Waals surface area contributed by atoms with Crippen molar-refractivity contribution in [2.45, 2.75) is 19.1 Å². The zero-order valence-electron chi connectivity index (χ0n) is 13.0. The van der Waals surface area contributed by atoms with Crippen molar-refractivity contribution in [3.8, 4) is 0 Å². The normalized spacial score (nSPS) is 22.2. The standard InChI is InChI=1S/C15H23N5O2S/c16-15-14-13(18-9-19-15)10(4-17-14)5-20-6-11(12(22)7-20)8-23-3-1-2-21/h4,9,11-12,17,21-22H,1-3,5-8H2,(H2,16,18,19)/t11-,12-/m1/s1. The number of H-pyrrole nitrogens is 1. The monoisotopic (exact) mass is 337 g/mol. The molecule has 1 saturated heterocycles. The number of aliphatic hydroxyl groups excluding tert-OH is 2. The summed E-state index contributed by atoms with van der Waals surface area (Å²) in [7, 11) is 0. The van der Waals surface area contributed by atoms with Gasteiger partial charge in [0.05, 0.1) is 11.6 Å². The maximum Gasteiger partial charge on any atom is 0.151 e. The Kier molecular flexibility index (Phi) is 5.37. The Bertz CT molecular complexity index is 650. The molecule has 7 nitrogen and oxygen atoms in total. The maximum atomic E-state index is 10.2. The molecule has 1 fully saturated rings. The van der Waals surface area contributed by atoms with Crippen LogP contribution in [0.1, 0.15) is 12.0 Å². The van der Waals surface area contributed by atoms with Crippen molar-refractivity contribution in [3.05, 3.63) is 18.1 Å². The second-order valence-electron chi connectivity index (χ2n) is 5.97. The summed E-state index contributed by atoms with van der Waals surface area (Å²) in [4.78, 5) is 13.7. The predicted molar refractivity (Wildman–Crippen MR) is 92.1 cm³/mol. The molecule has 0 aliphatic carbocycles. The summed E-state index contributed by atoms with van der Waals surface area (Å²) in [6.07, 6.45) is 3.93. The molecule has 2 atom stereocenters. The molecule has 23 heavy (non-hydrogen) atoms. The molecule has 5 N–H and O–H groups in total. The fraction of sp³-hybridized carbons (Fsp3) is 0.600. The molecule has 2 aromatic rings. The van der Waals surface area contributed by atoms with Crippen molar-refractivity contribution in [3.63, 3.8) is 0 Å². The van der Waals surface area contributed by atoms with E-state index in [0.717, 1.165) is 47.6 Å². The van der Waals surface area contributed by atoms with Gasteiger partial charge in [-0.1, -0.05) is 0 Å². The quantitative estimate of drug-likeness (QED) is 0.543. The molecule has 0 unspecified atom stereocenters. The third kappa shape index (κ3) is 3.77. The number of aromatic nitrogens is 3. The minimum Gasteiger partial charge on any atom is -0.396 e. The van der Waals surface area contributed by atoms with E-state index in [1.807, 2.05) is 6.20 Å². The number of likely N-dealkylation sites (tertiary alicyclic amines) is 1. The van der Waals surface area contributed by atoms with Crippen LogP contribution < -0.4 is 5.73 Å². The van der Waals surface area contributed by atoms with Gasteiger partial charge < -0.3 is 20.9 Å². The Labute approximate surface area is 139 Å². The van der Waals surface area contributed by atoms with E-state index >= 15 is 0 Å². The molecule has 3 heterocycles. The second-order valence-corrected chi connectivity index (χ2v) is 7.12. The Hall–Kier alpha value is -1.35. The molecule has 2 aromatic heterocycles. The SMILES string of the molecule is Nc1ncnc2c(CN3C[C@H](CSCCCO)[C@H](O)C3)c[nH]c12. The second kappa shape index (κ2) is 7.48. The van der Waals surface area contributed by atoms with Crippen LogP contribution in [0.15, 0.2) is 12.5 Å². The molecular weight excluding hydrogens is 314 g/mol. The first-order valence-electron chi connectivity index (χ1n) is 7.84. The average molecular weight is 337 g/mol. The third-order valence-electron chi connectivity index (χ3n) is 4.23. The fourth-order valence-corrected chi connectivity index (χ4v) is 4.14. The minimum absolute atomic E-state index is 0.234. The molecule has 0 amide bonds. The molecule has 126 valence electrons. The van der Waals surface area contributed by atoms with Crippen LogP contribution in [0.25, 0.3) is 11.0 Å². The topological polar surface area (TPSA) is 111 Å². The predicted octanol–water partition coefficient (Wildman–Crippen LogP) is 0.448.